The lowest BCUT2D eigenvalue weighted by Crippen LogP contribution is -2.67. The number of piperazine rings is 2. The summed E-state index contributed by atoms with van der Waals surface area (Å²) in [4.78, 5) is 31.5. The molecule has 1 amide bonds. The van der Waals surface area contributed by atoms with Gasteiger partial charge in [0.2, 0.25) is 11.9 Å². The van der Waals surface area contributed by atoms with Crippen molar-refractivity contribution in [1.82, 2.24) is 25.6 Å². The highest BCUT2D eigenvalue weighted by molar-refractivity contribution is 5.90. The summed E-state index contributed by atoms with van der Waals surface area (Å²) in [6.45, 7) is 7.08. The van der Waals surface area contributed by atoms with Gasteiger partial charge in [0.05, 0.1) is 17.4 Å². The van der Waals surface area contributed by atoms with Crippen molar-refractivity contribution in [3.8, 4) is 0 Å². The quantitative estimate of drug-likeness (QED) is 0.640. The molecule has 9 heteroatoms. The lowest BCUT2D eigenvalue weighted by molar-refractivity contribution is -0.124. The molecule has 1 saturated carbocycles. The van der Waals surface area contributed by atoms with Crippen molar-refractivity contribution in [1.29, 1.82) is 0 Å². The second kappa shape index (κ2) is 8.37. The Balaban J connectivity index is 1.23. The van der Waals surface area contributed by atoms with Gasteiger partial charge in [-0.1, -0.05) is 19.3 Å². The molecule has 1 spiro atoms. The predicted octanol–water partition coefficient (Wildman–Crippen LogP) is 2.37. The van der Waals surface area contributed by atoms with Gasteiger partial charge >= 0.3 is 0 Å². The Morgan fingerprint density at radius 1 is 1.06 bits per heavy atom. The van der Waals surface area contributed by atoms with E-state index in [1.54, 1.807) is 0 Å². The fourth-order valence-electron chi connectivity index (χ4n) is 6.40. The first-order valence-electron chi connectivity index (χ1n) is 12.7. The van der Waals surface area contributed by atoms with Crippen molar-refractivity contribution in [2.75, 3.05) is 34.8 Å². The molecule has 180 valence electrons. The van der Waals surface area contributed by atoms with Crippen LogP contribution in [0.1, 0.15) is 51.5 Å². The van der Waals surface area contributed by atoms with Crippen LogP contribution in [-0.2, 0) is 11.2 Å². The minimum absolute atomic E-state index is 0.0226. The first kappa shape index (κ1) is 21.6. The van der Waals surface area contributed by atoms with E-state index in [1.165, 1.54) is 19.3 Å². The van der Waals surface area contributed by atoms with Crippen LogP contribution < -0.4 is 25.8 Å². The van der Waals surface area contributed by atoms with Crippen LogP contribution in [0.2, 0.25) is 0 Å². The Morgan fingerprint density at radius 2 is 1.85 bits per heavy atom. The zero-order valence-electron chi connectivity index (χ0n) is 20.0. The van der Waals surface area contributed by atoms with Crippen LogP contribution >= 0.6 is 0 Å². The van der Waals surface area contributed by atoms with Gasteiger partial charge in [-0.05, 0) is 38.8 Å². The normalized spacial score (nSPS) is 27.8. The van der Waals surface area contributed by atoms with E-state index in [1.807, 2.05) is 18.5 Å². The summed E-state index contributed by atoms with van der Waals surface area (Å²) in [5.41, 5.74) is 2.16. The zero-order valence-corrected chi connectivity index (χ0v) is 20.0. The van der Waals surface area contributed by atoms with Gasteiger partial charge < -0.3 is 25.8 Å². The molecule has 1 aliphatic carbocycles. The number of hydrogen-bond donors (Lipinski definition) is 3. The Kier molecular flexibility index (Phi) is 5.32. The monoisotopic (exact) mass is 462 g/mol. The minimum Gasteiger partial charge on any atom is -0.367 e. The number of pyridine rings is 1. The Morgan fingerprint density at radius 3 is 2.59 bits per heavy atom. The highest BCUT2D eigenvalue weighted by Crippen LogP contribution is 2.44. The summed E-state index contributed by atoms with van der Waals surface area (Å²) < 4.78 is 0. The molecule has 4 aliphatic rings. The number of carbonyl (C=O) groups is 1. The number of carbonyl (C=O) groups excluding carboxylic acids is 1. The molecule has 3 fully saturated rings. The second-order valence-corrected chi connectivity index (χ2v) is 10.5. The second-order valence-electron chi connectivity index (χ2n) is 10.5. The van der Waals surface area contributed by atoms with Crippen LogP contribution in [0.5, 0.6) is 0 Å². The molecule has 0 bridgehead atoms. The molecule has 34 heavy (non-hydrogen) atoms. The molecule has 9 nitrogen and oxygen atoms in total. The van der Waals surface area contributed by atoms with Crippen LogP contribution in [0.25, 0.3) is 0 Å². The van der Waals surface area contributed by atoms with E-state index < -0.39 is 0 Å². The number of hydrogen-bond acceptors (Lipinski definition) is 8. The molecule has 3 atom stereocenters. The molecule has 5 heterocycles. The standard InChI is InChI=1S/C25H34N8O/c1-16-13-32(14-17(2)29-16)19-6-7-21(26-12-19)30-24-27-11-18-10-20-23(34)28-15-25(8-4-3-5-9-25)33(20)22(18)31-24/h6-7,11-12,16-17,20,29H,3-5,8-10,13-15H2,1-2H3,(H,28,34)(H,26,27,30,31)/t16-,17+,20?. The summed E-state index contributed by atoms with van der Waals surface area (Å²) in [5.74, 6) is 2.27. The molecule has 2 aromatic heterocycles. The fourth-order valence-corrected chi connectivity index (χ4v) is 6.40. The van der Waals surface area contributed by atoms with Crippen LogP contribution in [0.3, 0.4) is 0 Å². The summed E-state index contributed by atoms with van der Waals surface area (Å²) in [6, 6.07) is 4.83. The molecule has 3 aliphatic heterocycles. The summed E-state index contributed by atoms with van der Waals surface area (Å²) in [7, 11) is 0. The number of fused-ring (bicyclic) bond motifs is 4. The van der Waals surface area contributed by atoms with E-state index in [9.17, 15) is 4.79 Å². The van der Waals surface area contributed by atoms with Gasteiger partial charge in [-0.2, -0.15) is 4.98 Å². The molecular formula is C25H34N8O. The first-order chi connectivity index (χ1) is 16.5. The van der Waals surface area contributed by atoms with Gasteiger partial charge in [0, 0.05) is 49.9 Å². The van der Waals surface area contributed by atoms with Crippen molar-refractivity contribution in [2.45, 2.75) is 76.0 Å². The third kappa shape index (κ3) is 3.76. The number of amides is 1. The zero-order chi connectivity index (χ0) is 23.3. The largest absolute Gasteiger partial charge is 0.367 e. The van der Waals surface area contributed by atoms with E-state index in [-0.39, 0.29) is 17.5 Å². The van der Waals surface area contributed by atoms with Crippen LogP contribution in [-0.4, -0.2) is 64.2 Å². The lowest BCUT2D eigenvalue weighted by atomic mass is 9.78. The molecule has 1 unspecified atom stereocenters. The van der Waals surface area contributed by atoms with Gasteiger partial charge in [-0.15, -0.1) is 0 Å². The maximum Gasteiger partial charge on any atom is 0.243 e. The van der Waals surface area contributed by atoms with E-state index in [2.05, 4.69) is 55.6 Å². The van der Waals surface area contributed by atoms with Gasteiger partial charge in [-0.3, -0.25) is 4.79 Å². The first-order valence-corrected chi connectivity index (χ1v) is 12.7. The predicted molar refractivity (Wildman–Crippen MR) is 133 cm³/mol. The van der Waals surface area contributed by atoms with Gasteiger partial charge in [0.1, 0.15) is 17.7 Å². The van der Waals surface area contributed by atoms with E-state index in [4.69, 9.17) is 4.98 Å². The maximum atomic E-state index is 12.7. The molecule has 0 radical (unpaired) electrons. The Bertz CT molecular complexity index is 1060. The highest BCUT2D eigenvalue weighted by atomic mass is 16.2. The van der Waals surface area contributed by atoms with Crippen molar-refractivity contribution < 1.29 is 4.79 Å². The van der Waals surface area contributed by atoms with Gasteiger partial charge in [0.25, 0.3) is 0 Å². The molecule has 6 rings (SSSR count). The lowest BCUT2D eigenvalue weighted by Gasteiger charge is -2.51. The fraction of sp³-hybridized carbons (Fsp3) is 0.600. The number of aromatic nitrogens is 3. The van der Waals surface area contributed by atoms with Crippen LogP contribution in [0.15, 0.2) is 24.5 Å². The van der Waals surface area contributed by atoms with Crippen molar-refractivity contribution in [2.24, 2.45) is 0 Å². The maximum absolute atomic E-state index is 12.7. The number of rotatable bonds is 3. The smallest absolute Gasteiger partial charge is 0.243 e. The topological polar surface area (TPSA) is 98.3 Å². The van der Waals surface area contributed by atoms with E-state index in [0.29, 0.717) is 31.0 Å². The van der Waals surface area contributed by atoms with E-state index in [0.717, 1.165) is 48.8 Å². The van der Waals surface area contributed by atoms with E-state index >= 15 is 0 Å². The van der Waals surface area contributed by atoms with Gasteiger partial charge in [0.15, 0.2) is 0 Å². The average Bonchev–Trinajstić information content (AvgIpc) is 3.23. The van der Waals surface area contributed by atoms with Crippen molar-refractivity contribution in [3.63, 3.8) is 0 Å². The Labute approximate surface area is 200 Å². The summed E-state index contributed by atoms with van der Waals surface area (Å²) >= 11 is 0. The average molecular weight is 463 g/mol. The van der Waals surface area contributed by atoms with Crippen LogP contribution in [0, 0.1) is 0 Å². The van der Waals surface area contributed by atoms with Crippen LogP contribution in [0.4, 0.5) is 23.3 Å². The van der Waals surface area contributed by atoms with Crippen molar-refractivity contribution >= 4 is 29.2 Å². The SMILES string of the molecule is C[C@@H]1CN(c2ccc(Nc3ncc4c(n3)N3C(C4)C(=O)NCC34CCCCC4)nc2)C[C@H](C)N1. The minimum atomic E-state index is -0.173. The number of anilines is 4. The van der Waals surface area contributed by atoms with Gasteiger partial charge in [-0.25, -0.2) is 9.97 Å². The number of nitrogens with one attached hydrogen (secondary N) is 3. The molecule has 3 N–H and O–H groups in total. The third-order valence-electron chi connectivity index (χ3n) is 7.89. The molecular weight excluding hydrogens is 428 g/mol. The summed E-state index contributed by atoms with van der Waals surface area (Å²) in [5, 5.41) is 10.0. The number of nitrogens with zero attached hydrogens (tertiary/aromatic N) is 5. The third-order valence-corrected chi connectivity index (χ3v) is 7.89. The summed E-state index contributed by atoms with van der Waals surface area (Å²) in [6.07, 6.45) is 10.3. The Hall–Kier alpha value is -2.94. The van der Waals surface area contributed by atoms with Crippen molar-refractivity contribution in [3.05, 3.63) is 30.1 Å². The molecule has 2 aromatic rings. The molecule has 2 saturated heterocycles. The molecule has 0 aromatic carbocycles. The highest BCUT2D eigenvalue weighted by Gasteiger charge is 2.51.